The van der Waals surface area contributed by atoms with E-state index in [1.54, 1.807) is 12.1 Å². The first-order valence-corrected chi connectivity index (χ1v) is 5.59. The SMILES string of the molecule is CC[C@H](O)CNc1cccc(F)c1I. The molecule has 0 aliphatic rings. The van der Waals surface area contributed by atoms with Crippen LogP contribution in [0.5, 0.6) is 0 Å². The average Bonchev–Trinajstić information content (AvgIpc) is 2.20. The number of hydrogen-bond acceptors (Lipinski definition) is 2. The summed E-state index contributed by atoms with van der Waals surface area (Å²) in [4.78, 5) is 0. The van der Waals surface area contributed by atoms with Crippen LogP contribution in [0, 0.1) is 9.39 Å². The van der Waals surface area contributed by atoms with E-state index in [-0.39, 0.29) is 11.9 Å². The van der Waals surface area contributed by atoms with Crippen molar-refractivity contribution in [3.8, 4) is 0 Å². The highest BCUT2D eigenvalue weighted by atomic mass is 127. The largest absolute Gasteiger partial charge is 0.391 e. The second-order valence-electron chi connectivity index (χ2n) is 3.04. The van der Waals surface area contributed by atoms with E-state index in [1.807, 2.05) is 29.5 Å². The topological polar surface area (TPSA) is 32.3 Å². The third kappa shape index (κ3) is 3.09. The van der Waals surface area contributed by atoms with E-state index < -0.39 is 0 Å². The lowest BCUT2D eigenvalue weighted by atomic mass is 10.2. The third-order valence-electron chi connectivity index (χ3n) is 1.95. The van der Waals surface area contributed by atoms with Gasteiger partial charge in [0, 0.05) is 6.54 Å². The number of benzene rings is 1. The van der Waals surface area contributed by atoms with E-state index in [0.29, 0.717) is 16.5 Å². The molecule has 1 aromatic rings. The molecule has 2 nitrogen and oxygen atoms in total. The summed E-state index contributed by atoms with van der Waals surface area (Å²) < 4.78 is 13.6. The van der Waals surface area contributed by atoms with Gasteiger partial charge in [0.25, 0.3) is 0 Å². The fraction of sp³-hybridized carbons (Fsp3) is 0.400. The molecule has 0 bridgehead atoms. The minimum absolute atomic E-state index is 0.235. The Balaban J connectivity index is 2.63. The summed E-state index contributed by atoms with van der Waals surface area (Å²) in [7, 11) is 0. The van der Waals surface area contributed by atoms with Crippen molar-refractivity contribution in [1.82, 2.24) is 0 Å². The lowest BCUT2D eigenvalue weighted by Gasteiger charge is -2.12. The molecular formula is C10H13FINO. The number of aliphatic hydroxyl groups is 1. The van der Waals surface area contributed by atoms with Crippen LogP contribution in [0.1, 0.15) is 13.3 Å². The molecule has 2 N–H and O–H groups in total. The van der Waals surface area contributed by atoms with Crippen molar-refractivity contribution >= 4 is 28.3 Å². The molecule has 0 fully saturated rings. The number of aliphatic hydroxyl groups excluding tert-OH is 1. The third-order valence-corrected chi connectivity index (χ3v) is 3.05. The molecule has 0 aliphatic heterocycles. The van der Waals surface area contributed by atoms with Gasteiger partial charge in [0.2, 0.25) is 0 Å². The van der Waals surface area contributed by atoms with E-state index >= 15 is 0 Å². The fourth-order valence-electron chi connectivity index (χ4n) is 1.01. The summed E-state index contributed by atoms with van der Waals surface area (Å²) in [6.07, 6.45) is 0.313. The zero-order valence-corrected chi connectivity index (χ0v) is 10.1. The smallest absolute Gasteiger partial charge is 0.138 e. The Bertz CT molecular complexity index is 306. The number of rotatable bonds is 4. The maximum Gasteiger partial charge on any atom is 0.138 e. The molecule has 1 rings (SSSR count). The van der Waals surface area contributed by atoms with Crippen LogP contribution in [0.2, 0.25) is 0 Å². The van der Waals surface area contributed by atoms with Gasteiger partial charge in [-0.25, -0.2) is 4.39 Å². The van der Waals surface area contributed by atoms with E-state index in [1.165, 1.54) is 6.07 Å². The van der Waals surface area contributed by atoms with Gasteiger partial charge in [0.15, 0.2) is 0 Å². The lowest BCUT2D eigenvalue weighted by Crippen LogP contribution is -2.18. The van der Waals surface area contributed by atoms with Gasteiger partial charge in [-0.2, -0.15) is 0 Å². The second kappa shape index (κ2) is 5.50. The molecule has 1 aromatic carbocycles. The molecule has 0 aromatic heterocycles. The summed E-state index contributed by atoms with van der Waals surface area (Å²) in [6.45, 7) is 2.36. The summed E-state index contributed by atoms with van der Waals surface area (Å²) >= 11 is 1.94. The van der Waals surface area contributed by atoms with Crippen molar-refractivity contribution in [1.29, 1.82) is 0 Å². The molecule has 14 heavy (non-hydrogen) atoms. The Morgan fingerprint density at radius 3 is 2.93 bits per heavy atom. The van der Waals surface area contributed by atoms with Gasteiger partial charge in [0.1, 0.15) is 5.82 Å². The predicted octanol–water partition coefficient (Wildman–Crippen LogP) is 2.61. The van der Waals surface area contributed by atoms with E-state index in [2.05, 4.69) is 5.32 Å². The standard InChI is InChI=1S/C10H13FINO/c1-2-7(14)6-13-9-5-3-4-8(11)10(9)12/h3-5,7,13-14H,2,6H2,1H3/t7-/m0/s1. The molecule has 78 valence electrons. The maximum atomic E-state index is 13.1. The average molecular weight is 309 g/mol. The molecule has 4 heteroatoms. The number of hydrogen-bond donors (Lipinski definition) is 2. The first-order valence-electron chi connectivity index (χ1n) is 4.51. The molecule has 0 heterocycles. The highest BCUT2D eigenvalue weighted by molar-refractivity contribution is 14.1. The molecule has 0 amide bonds. The number of halogens is 2. The van der Waals surface area contributed by atoms with Crippen LogP contribution in [0.25, 0.3) is 0 Å². The molecule has 0 saturated carbocycles. The summed E-state index contributed by atoms with van der Waals surface area (Å²) in [5, 5.41) is 12.3. The zero-order valence-electron chi connectivity index (χ0n) is 7.93. The van der Waals surface area contributed by atoms with E-state index in [9.17, 15) is 9.50 Å². The fourth-order valence-corrected chi connectivity index (χ4v) is 1.56. The first-order chi connectivity index (χ1) is 6.65. The van der Waals surface area contributed by atoms with Crippen LogP contribution in [-0.2, 0) is 0 Å². The maximum absolute atomic E-state index is 13.1. The molecule has 1 atom stereocenters. The van der Waals surface area contributed by atoms with Gasteiger partial charge < -0.3 is 10.4 Å². The summed E-state index contributed by atoms with van der Waals surface area (Å²) in [5.41, 5.74) is 0.734. The second-order valence-corrected chi connectivity index (χ2v) is 4.12. The normalized spacial score (nSPS) is 12.6. The minimum Gasteiger partial charge on any atom is -0.391 e. The Labute approximate surface area is 96.7 Å². The molecular weight excluding hydrogens is 296 g/mol. The number of nitrogens with one attached hydrogen (secondary N) is 1. The van der Waals surface area contributed by atoms with Crippen LogP contribution in [0.4, 0.5) is 10.1 Å². The molecule has 0 aliphatic carbocycles. The van der Waals surface area contributed by atoms with Gasteiger partial charge in [0.05, 0.1) is 15.4 Å². The van der Waals surface area contributed by atoms with Gasteiger partial charge in [-0.05, 0) is 41.1 Å². The Kier molecular flexibility index (Phi) is 4.60. The van der Waals surface area contributed by atoms with Crippen LogP contribution in [-0.4, -0.2) is 17.8 Å². The van der Waals surface area contributed by atoms with Crippen molar-refractivity contribution in [2.45, 2.75) is 19.4 Å². The molecule has 0 radical (unpaired) electrons. The summed E-state index contributed by atoms with van der Waals surface area (Å²) in [6, 6.07) is 4.87. The van der Waals surface area contributed by atoms with E-state index in [4.69, 9.17) is 0 Å². The minimum atomic E-state index is -0.380. The molecule has 0 saturated heterocycles. The predicted molar refractivity (Wildman–Crippen MR) is 63.9 cm³/mol. The van der Waals surface area contributed by atoms with Crippen molar-refractivity contribution in [2.75, 3.05) is 11.9 Å². The van der Waals surface area contributed by atoms with Gasteiger partial charge in [-0.15, -0.1) is 0 Å². The van der Waals surface area contributed by atoms with Gasteiger partial charge >= 0.3 is 0 Å². The zero-order chi connectivity index (χ0) is 10.6. The highest BCUT2D eigenvalue weighted by Crippen LogP contribution is 2.20. The quantitative estimate of drug-likeness (QED) is 0.838. The Morgan fingerprint density at radius 2 is 2.29 bits per heavy atom. The Morgan fingerprint density at radius 1 is 1.57 bits per heavy atom. The van der Waals surface area contributed by atoms with Crippen molar-refractivity contribution in [3.05, 3.63) is 27.6 Å². The van der Waals surface area contributed by atoms with Crippen molar-refractivity contribution in [3.63, 3.8) is 0 Å². The summed E-state index contributed by atoms with van der Waals surface area (Å²) in [5.74, 6) is -0.235. The van der Waals surface area contributed by atoms with Crippen LogP contribution >= 0.6 is 22.6 Å². The first kappa shape index (κ1) is 11.7. The van der Waals surface area contributed by atoms with Gasteiger partial charge in [-0.3, -0.25) is 0 Å². The number of anilines is 1. The van der Waals surface area contributed by atoms with Crippen molar-refractivity contribution in [2.24, 2.45) is 0 Å². The van der Waals surface area contributed by atoms with Crippen LogP contribution in [0.3, 0.4) is 0 Å². The highest BCUT2D eigenvalue weighted by Gasteiger charge is 2.05. The Hall–Kier alpha value is -0.360. The molecule has 0 unspecified atom stereocenters. The lowest BCUT2D eigenvalue weighted by molar-refractivity contribution is 0.183. The monoisotopic (exact) mass is 309 g/mol. The van der Waals surface area contributed by atoms with E-state index in [0.717, 1.165) is 5.69 Å². The van der Waals surface area contributed by atoms with Crippen molar-refractivity contribution < 1.29 is 9.50 Å². The van der Waals surface area contributed by atoms with Crippen LogP contribution in [0.15, 0.2) is 18.2 Å². The van der Waals surface area contributed by atoms with Gasteiger partial charge in [-0.1, -0.05) is 13.0 Å². The molecule has 0 spiro atoms. The van der Waals surface area contributed by atoms with Crippen LogP contribution < -0.4 is 5.32 Å².